The zero-order valence-corrected chi connectivity index (χ0v) is 22.6. The second-order valence-electron chi connectivity index (χ2n) is 8.86. The summed E-state index contributed by atoms with van der Waals surface area (Å²) in [4.78, 5) is 48.0. The van der Waals surface area contributed by atoms with Gasteiger partial charge in [-0.25, -0.2) is 9.78 Å². The van der Waals surface area contributed by atoms with Gasteiger partial charge < -0.3 is 32.6 Å². The number of amides is 3. The molecule has 0 radical (unpaired) electrons. The van der Waals surface area contributed by atoms with Crippen molar-refractivity contribution in [2.45, 2.75) is 50.4 Å². The van der Waals surface area contributed by atoms with Crippen LogP contribution in [0.1, 0.15) is 52.8 Å². The van der Waals surface area contributed by atoms with E-state index in [0.717, 1.165) is 5.56 Å². The van der Waals surface area contributed by atoms with Gasteiger partial charge in [-0.2, -0.15) is 0 Å². The largest absolute Gasteiger partial charge is 0.445 e. The quantitative estimate of drug-likeness (QED) is 0.154. The molecular weight excluding hydrogens is 532 g/mol. The molecule has 3 amide bonds. The van der Waals surface area contributed by atoms with Crippen molar-refractivity contribution in [2.24, 2.45) is 22.2 Å². The number of carbonyl (C=O) groups excluding carboxylic acids is 3. The minimum Gasteiger partial charge on any atom is -0.445 e. The number of unbranched alkanes of at least 4 members (excludes halogenated alkanes) is 1. The molecule has 14 heteroatoms. The molecule has 2 unspecified atom stereocenters. The highest BCUT2D eigenvalue weighted by Gasteiger charge is 2.37. The summed E-state index contributed by atoms with van der Waals surface area (Å²) in [6.07, 6.45) is 1.66. The summed E-state index contributed by atoms with van der Waals surface area (Å²) in [7, 11) is 1.51. The Kier molecular flexibility index (Phi) is 10.7. The van der Waals surface area contributed by atoms with Crippen molar-refractivity contribution in [1.29, 1.82) is 0 Å². The van der Waals surface area contributed by atoms with Crippen LogP contribution in [-0.4, -0.2) is 66.0 Å². The van der Waals surface area contributed by atoms with Gasteiger partial charge in [-0.1, -0.05) is 23.7 Å². The van der Waals surface area contributed by atoms with E-state index in [1.165, 1.54) is 23.3 Å². The first-order chi connectivity index (χ1) is 18.2. The van der Waals surface area contributed by atoms with Crippen LogP contribution in [0.15, 0.2) is 34.6 Å². The molecule has 0 saturated carbocycles. The highest BCUT2D eigenvalue weighted by atomic mass is 35.5. The Balaban J connectivity index is 1.61. The molecule has 0 spiro atoms. The molecule has 1 saturated heterocycles. The van der Waals surface area contributed by atoms with Gasteiger partial charge in [0.25, 0.3) is 5.91 Å². The number of thiazole rings is 1. The van der Waals surface area contributed by atoms with Gasteiger partial charge in [0, 0.05) is 36.6 Å². The highest BCUT2D eigenvalue weighted by Crippen LogP contribution is 2.34. The molecule has 12 nitrogen and oxygen atoms in total. The lowest BCUT2D eigenvalue weighted by Gasteiger charge is -2.22. The molecule has 0 bridgehead atoms. The van der Waals surface area contributed by atoms with E-state index in [1.807, 2.05) is 6.07 Å². The van der Waals surface area contributed by atoms with Gasteiger partial charge in [0.15, 0.2) is 5.96 Å². The Morgan fingerprint density at radius 3 is 2.82 bits per heavy atom. The van der Waals surface area contributed by atoms with E-state index in [1.54, 1.807) is 23.6 Å². The van der Waals surface area contributed by atoms with Crippen molar-refractivity contribution in [3.63, 3.8) is 0 Å². The van der Waals surface area contributed by atoms with Crippen LogP contribution in [0.4, 0.5) is 4.79 Å². The molecule has 1 fully saturated rings. The van der Waals surface area contributed by atoms with E-state index in [9.17, 15) is 14.4 Å². The van der Waals surface area contributed by atoms with Crippen LogP contribution >= 0.6 is 22.9 Å². The number of hydrogen-bond acceptors (Lipinski definition) is 8. The van der Waals surface area contributed by atoms with Crippen LogP contribution in [-0.2, 0) is 16.1 Å². The minimum atomic E-state index is -0.741. The number of hydrogen-bond donors (Lipinski definition) is 5. The molecule has 1 aromatic carbocycles. The van der Waals surface area contributed by atoms with Gasteiger partial charge in [-0.05, 0) is 43.4 Å². The summed E-state index contributed by atoms with van der Waals surface area (Å²) in [5, 5.41) is 8.02. The molecule has 38 heavy (non-hydrogen) atoms. The molecule has 206 valence electrons. The predicted molar refractivity (Wildman–Crippen MR) is 146 cm³/mol. The number of carbonyl (C=O) groups is 3. The number of ether oxygens (including phenoxy) is 1. The number of likely N-dealkylation sites (tertiary alicyclic amines) is 1. The average molecular weight is 565 g/mol. The summed E-state index contributed by atoms with van der Waals surface area (Å²) < 4.78 is 5.48. The maximum atomic E-state index is 12.9. The Morgan fingerprint density at radius 1 is 1.32 bits per heavy atom. The smallest absolute Gasteiger partial charge is 0.410 e. The zero-order valence-electron chi connectivity index (χ0n) is 21.1. The third-order valence-electron chi connectivity index (χ3n) is 5.92. The van der Waals surface area contributed by atoms with E-state index in [0.29, 0.717) is 48.8 Å². The zero-order chi connectivity index (χ0) is 27.7. The Labute approximate surface area is 229 Å². The number of aromatic nitrogens is 1. The van der Waals surface area contributed by atoms with Crippen LogP contribution in [0, 0.1) is 0 Å². The first-order valence-electron chi connectivity index (χ1n) is 12.1. The molecule has 2 heterocycles. The van der Waals surface area contributed by atoms with E-state index < -0.39 is 24.1 Å². The van der Waals surface area contributed by atoms with Crippen molar-refractivity contribution in [3.8, 4) is 0 Å². The van der Waals surface area contributed by atoms with Crippen molar-refractivity contribution in [3.05, 3.63) is 50.9 Å². The minimum absolute atomic E-state index is 0.0108. The van der Waals surface area contributed by atoms with Crippen molar-refractivity contribution in [1.82, 2.24) is 20.5 Å². The van der Waals surface area contributed by atoms with Crippen LogP contribution in [0.2, 0.25) is 5.02 Å². The molecule has 3 rings (SSSR count). The van der Waals surface area contributed by atoms with Crippen LogP contribution < -0.4 is 27.8 Å². The number of guanidine groups is 1. The molecule has 0 aliphatic carbocycles. The highest BCUT2D eigenvalue weighted by molar-refractivity contribution is 7.09. The molecule has 3 atom stereocenters. The predicted octanol–water partition coefficient (Wildman–Crippen LogP) is 1.50. The van der Waals surface area contributed by atoms with Gasteiger partial charge >= 0.3 is 6.09 Å². The van der Waals surface area contributed by atoms with E-state index >= 15 is 0 Å². The molecule has 1 aliphatic heterocycles. The first kappa shape index (κ1) is 29.1. The fourth-order valence-corrected chi connectivity index (χ4v) is 5.18. The molecule has 2 aromatic rings. The second-order valence-corrected chi connectivity index (χ2v) is 10.2. The summed E-state index contributed by atoms with van der Waals surface area (Å²) in [5.74, 6) is -0.787. The molecule has 8 N–H and O–H groups in total. The van der Waals surface area contributed by atoms with Crippen LogP contribution in [0.5, 0.6) is 0 Å². The second kappa shape index (κ2) is 13.9. The lowest BCUT2D eigenvalue weighted by molar-refractivity contribution is -0.122. The van der Waals surface area contributed by atoms with Gasteiger partial charge in [0.2, 0.25) is 5.91 Å². The fraction of sp³-hybridized carbons (Fsp3) is 0.458. The summed E-state index contributed by atoms with van der Waals surface area (Å²) in [6, 6.07) is 5.64. The third kappa shape index (κ3) is 8.30. The number of likely N-dealkylation sites (N-methyl/N-ethyl adjacent to an activating group) is 1. The Hall–Kier alpha value is -3.42. The van der Waals surface area contributed by atoms with Crippen molar-refractivity contribution < 1.29 is 19.1 Å². The SMILES string of the molecule is CNC(=O)[C@H](CCCCN=C(N)N)NC(=O)c1csc(C2CC(N)CN2C(=O)OCc2cccc(Cl)c2)n1. The van der Waals surface area contributed by atoms with Gasteiger partial charge in [-0.15, -0.1) is 11.3 Å². The first-order valence-corrected chi connectivity index (χ1v) is 13.4. The number of nitrogens with zero attached hydrogens (tertiary/aromatic N) is 3. The molecule has 1 aromatic heterocycles. The van der Waals surface area contributed by atoms with Crippen molar-refractivity contribution >= 4 is 46.8 Å². The number of halogens is 1. The van der Waals surface area contributed by atoms with E-state index in [2.05, 4.69) is 20.6 Å². The van der Waals surface area contributed by atoms with E-state index in [4.69, 9.17) is 33.5 Å². The summed E-state index contributed by atoms with van der Waals surface area (Å²) >= 11 is 7.25. The number of aliphatic imine (C=N–C) groups is 1. The molecule has 1 aliphatic rings. The number of benzene rings is 1. The summed E-state index contributed by atoms with van der Waals surface area (Å²) in [6.45, 7) is 0.808. The third-order valence-corrected chi connectivity index (χ3v) is 7.10. The Bertz CT molecular complexity index is 1160. The lowest BCUT2D eigenvalue weighted by Crippen LogP contribution is -2.45. The molecular formula is C24H33ClN8O4S. The number of rotatable bonds is 11. The number of nitrogens with two attached hydrogens (primary N) is 3. The van der Waals surface area contributed by atoms with E-state index in [-0.39, 0.29) is 30.2 Å². The van der Waals surface area contributed by atoms with Crippen molar-refractivity contribution in [2.75, 3.05) is 20.1 Å². The topological polar surface area (TPSA) is 191 Å². The lowest BCUT2D eigenvalue weighted by atomic mass is 10.1. The van der Waals surface area contributed by atoms with Gasteiger partial charge in [-0.3, -0.25) is 19.5 Å². The standard InChI is InChI=1S/C24H33ClN8O4S/c1-29-20(34)17(7-2-3-8-30-23(27)28)31-21(35)18-13-38-22(32-18)19-10-16(26)11-33(19)24(36)37-12-14-5-4-6-15(25)9-14/h4-6,9,13,16-17,19H,2-3,7-8,10-12,26H2,1H3,(H,29,34)(H,31,35)(H4,27,28,30)/t16?,17-,19?/m0/s1. The number of nitrogens with one attached hydrogen (secondary N) is 2. The maximum absolute atomic E-state index is 12.9. The van der Waals surface area contributed by atoms with Gasteiger partial charge in [0.1, 0.15) is 23.4 Å². The maximum Gasteiger partial charge on any atom is 0.410 e. The average Bonchev–Trinajstić information content (AvgIpc) is 3.52. The normalized spacial score (nSPS) is 17.5. The van der Waals surface area contributed by atoms with Crippen LogP contribution in [0.3, 0.4) is 0 Å². The van der Waals surface area contributed by atoms with Crippen LogP contribution in [0.25, 0.3) is 0 Å². The Morgan fingerprint density at radius 2 is 2.11 bits per heavy atom. The summed E-state index contributed by atoms with van der Waals surface area (Å²) in [5.41, 5.74) is 17.7. The fourth-order valence-electron chi connectivity index (χ4n) is 4.05. The monoisotopic (exact) mass is 564 g/mol. The van der Waals surface area contributed by atoms with Gasteiger partial charge in [0.05, 0.1) is 6.04 Å².